The Bertz CT molecular complexity index is 439. The van der Waals surface area contributed by atoms with Crippen molar-refractivity contribution in [3.05, 3.63) is 28.8 Å². The third kappa shape index (κ3) is 4.12. The summed E-state index contributed by atoms with van der Waals surface area (Å²) in [5.74, 6) is 0.352. The van der Waals surface area contributed by atoms with Gasteiger partial charge in [-0.25, -0.2) is 0 Å². The molecule has 1 aromatic rings. The van der Waals surface area contributed by atoms with Crippen molar-refractivity contribution in [1.82, 2.24) is 0 Å². The van der Waals surface area contributed by atoms with E-state index in [1.54, 1.807) is 0 Å². The monoisotopic (exact) mass is 285 g/mol. The molecule has 19 heavy (non-hydrogen) atoms. The SMILES string of the molecule is C[C@@H](N)c1cc(C(C)(C)C)cc(C(C)(C)C)c1O.Cl. The van der Waals surface area contributed by atoms with Crippen molar-refractivity contribution in [3.8, 4) is 5.75 Å². The van der Waals surface area contributed by atoms with Gasteiger partial charge < -0.3 is 10.8 Å². The van der Waals surface area contributed by atoms with E-state index in [-0.39, 0.29) is 29.3 Å². The molecule has 1 atom stereocenters. The van der Waals surface area contributed by atoms with E-state index in [1.165, 1.54) is 5.56 Å². The molecule has 0 aromatic heterocycles. The third-order valence-corrected chi connectivity index (χ3v) is 3.30. The van der Waals surface area contributed by atoms with Crippen LogP contribution in [0.5, 0.6) is 5.75 Å². The van der Waals surface area contributed by atoms with Gasteiger partial charge in [-0.3, -0.25) is 0 Å². The molecule has 2 nitrogen and oxygen atoms in total. The summed E-state index contributed by atoms with van der Waals surface area (Å²) >= 11 is 0. The van der Waals surface area contributed by atoms with E-state index in [0.29, 0.717) is 5.75 Å². The molecule has 0 aliphatic carbocycles. The molecule has 3 heteroatoms. The number of phenols is 1. The van der Waals surface area contributed by atoms with Gasteiger partial charge in [-0.1, -0.05) is 53.7 Å². The second kappa shape index (κ2) is 5.72. The molecule has 0 aliphatic rings. The maximum Gasteiger partial charge on any atom is 0.124 e. The van der Waals surface area contributed by atoms with Crippen molar-refractivity contribution in [2.45, 2.75) is 65.3 Å². The standard InChI is InChI=1S/C16H27NO.ClH/c1-10(17)12-8-11(15(2,3)4)9-13(14(12)18)16(5,6)7;/h8-10,18H,17H2,1-7H3;1H/t10-;/m1./s1. The number of benzene rings is 1. The van der Waals surface area contributed by atoms with Gasteiger partial charge in [0.2, 0.25) is 0 Å². The van der Waals surface area contributed by atoms with Crippen molar-refractivity contribution in [2.24, 2.45) is 5.73 Å². The zero-order chi connectivity index (χ0) is 14.3. The number of aromatic hydroxyl groups is 1. The van der Waals surface area contributed by atoms with Gasteiger partial charge in [0.1, 0.15) is 5.75 Å². The molecular formula is C16H28ClNO. The Morgan fingerprint density at radius 3 is 1.79 bits per heavy atom. The quantitative estimate of drug-likeness (QED) is 0.802. The summed E-state index contributed by atoms with van der Waals surface area (Å²) in [6, 6.07) is 3.99. The third-order valence-electron chi connectivity index (χ3n) is 3.30. The highest BCUT2D eigenvalue weighted by atomic mass is 35.5. The molecular weight excluding hydrogens is 258 g/mol. The van der Waals surface area contributed by atoms with Crippen molar-refractivity contribution >= 4 is 12.4 Å². The lowest BCUT2D eigenvalue weighted by molar-refractivity contribution is 0.434. The fraction of sp³-hybridized carbons (Fsp3) is 0.625. The van der Waals surface area contributed by atoms with Gasteiger partial charge in [-0.15, -0.1) is 12.4 Å². The second-order valence-electron chi connectivity index (χ2n) is 7.25. The highest BCUT2D eigenvalue weighted by Crippen LogP contribution is 2.39. The summed E-state index contributed by atoms with van der Waals surface area (Å²) in [5, 5.41) is 10.4. The second-order valence-corrected chi connectivity index (χ2v) is 7.25. The van der Waals surface area contributed by atoms with Crippen LogP contribution in [0.3, 0.4) is 0 Å². The Balaban J connectivity index is 0.00000324. The molecule has 1 rings (SSSR count). The molecule has 3 N–H and O–H groups in total. The number of nitrogens with two attached hydrogens (primary N) is 1. The molecule has 0 aliphatic heterocycles. The summed E-state index contributed by atoms with van der Waals surface area (Å²) in [5.41, 5.74) is 8.98. The molecule has 0 amide bonds. The van der Waals surface area contributed by atoms with Crippen LogP contribution >= 0.6 is 12.4 Å². The van der Waals surface area contributed by atoms with Crippen LogP contribution in [0.15, 0.2) is 12.1 Å². The molecule has 0 saturated carbocycles. The van der Waals surface area contributed by atoms with Crippen molar-refractivity contribution in [1.29, 1.82) is 0 Å². The lowest BCUT2D eigenvalue weighted by Crippen LogP contribution is -2.19. The Kier molecular flexibility index (Phi) is 5.50. The van der Waals surface area contributed by atoms with E-state index >= 15 is 0 Å². The van der Waals surface area contributed by atoms with Gasteiger partial charge >= 0.3 is 0 Å². The molecule has 0 bridgehead atoms. The van der Waals surface area contributed by atoms with Crippen LogP contribution in [0.1, 0.15) is 71.2 Å². The fourth-order valence-corrected chi connectivity index (χ4v) is 2.01. The summed E-state index contributed by atoms with van der Waals surface area (Å²) in [7, 11) is 0. The van der Waals surface area contributed by atoms with E-state index in [9.17, 15) is 5.11 Å². The van der Waals surface area contributed by atoms with Gasteiger partial charge in [-0.05, 0) is 28.9 Å². The zero-order valence-electron chi connectivity index (χ0n) is 13.2. The van der Waals surface area contributed by atoms with Gasteiger partial charge in [-0.2, -0.15) is 0 Å². The molecule has 0 heterocycles. The van der Waals surface area contributed by atoms with Crippen LogP contribution in [0.2, 0.25) is 0 Å². The van der Waals surface area contributed by atoms with Crippen LogP contribution in [0.4, 0.5) is 0 Å². The Morgan fingerprint density at radius 2 is 1.47 bits per heavy atom. The maximum absolute atomic E-state index is 10.4. The van der Waals surface area contributed by atoms with Crippen molar-refractivity contribution < 1.29 is 5.11 Å². The lowest BCUT2D eigenvalue weighted by Gasteiger charge is -2.28. The number of halogens is 1. The van der Waals surface area contributed by atoms with Crippen molar-refractivity contribution in [2.75, 3.05) is 0 Å². The van der Waals surface area contributed by atoms with Crippen LogP contribution in [-0.4, -0.2) is 5.11 Å². The summed E-state index contributed by atoms with van der Waals surface area (Å²) in [6.45, 7) is 14.8. The fourth-order valence-electron chi connectivity index (χ4n) is 2.01. The van der Waals surface area contributed by atoms with Crippen molar-refractivity contribution in [3.63, 3.8) is 0 Å². The largest absolute Gasteiger partial charge is 0.507 e. The maximum atomic E-state index is 10.4. The smallest absolute Gasteiger partial charge is 0.124 e. The van der Waals surface area contributed by atoms with E-state index in [1.807, 2.05) is 13.0 Å². The predicted octanol–water partition coefficient (Wildman–Crippen LogP) is 4.43. The average Bonchev–Trinajstić information content (AvgIpc) is 2.13. The van der Waals surface area contributed by atoms with Gasteiger partial charge in [0.25, 0.3) is 0 Å². The normalized spacial score (nSPS) is 13.9. The van der Waals surface area contributed by atoms with Crippen LogP contribution in [-0.2, 0) is 10.8 Å². The first-order chi connectivity index (χ1) is 7.94. The zero-order valence-corrected chi connectivity index (χ0v) is 14.0. The molecule has 0 radical (unpaired) electrons. The van der Waals surface area contributed by atoms with Gasteiger partial charge in [0.05, 0.1) is 0 Å². The molecule has 0 saturated heterocycles. The highest BCUT2D eigenvalue weighted by Gasteiger charge is 2.25. The summed E-state index contributed by atoms with van der Waals surface area (Å²) in [6.07, 6.45) is 0. The predicted molar refractivity (Wildman–Crippen MR) is 85.4 cm³/mol. The highest BCUT2D eigenvalue weighted by molar-refractivity contribution is 5.85. The lowest BCUT2D eigenvalue weighted by atomic mass is 9.78. The Labute approximate surface area is 123 Å². The van der Waals surface area contributed by atoms with E-state index < -0.39 is 0 Å². The number of hydrogen-bond donors (Lipinski definition) is 2. The minimum atomic E-state index is -0.159. The molecule has 0 unspecified atom stereocenters. The summed E-state index contributed by atoms with van der Waals surface area (Å²) < 4.78 is 0. The molecule has 1 aromatic carbocycles. The van der Waals surface area contributed by atoms with E-state index in [2.05, 4.69) is 47.6 Å². The van der Waals surface area contributed by atoms with Crippen LogP contribution < -0.4 is 5.73 Å². The number of hydrogen-bond acceptors (Lipinski definition) is 2. The summed E-state index contributed by atoms with van der Waals surface area (Å²) in [4.78, 5) is 0. The first kappa shape index (κ1) is 18.3. The minimum Gasteiger partial charge on any atom is -0.507 e. The topological polar surface area (TPSA) is 46.2 Å². The first-order valence-electron chi connectivity index (χ1n) is 6.58. The average molecular weight is 286 g/mol. The molecule has 0 fully saturated rings. The van der Waals surface area contributed by atoms with E-state index in [0.717, 1.165) is 11.1 Å². The van der Waals surface area contributed by atoms with E-state index in [4.69, 9.17) is 5.73 Å². The first-order valence-corrected chi connectivity index (χ1v) is 6.58. The molecule has 110 valence electrons. The molecule has 0 spiro atoms. The van der Waals surface area contributed by atoms with Crippen LogP contribution in [0.25, 0.3) is 0 Å². The number of phenolic OH excluding ortho intramolecular Hbond substituents is 1. The van der Waals surface area contributed by atoms with Gasteiger partial charge in [0.15, 0.2) is 0 Å². The minimum absolute atomic E-state index is 0. The Hall–Kier alpha value is -0.730. The Morgan fingerprint density at radius 1 is 1.00 bits per heavy atom. The van der Waals surface area contributed by atoms with Crippen LogP contribution in [0, 0.1) is 0 Å². The number of rotatable bonds is 1. The van der Waals surface area contributed by atoms with Gasteiger partial charge in [0, 0.05) is 11.6 Å².